The fourth-order valence-corrected chi connectivity index (χ4v) is 8.71. The van der Waals surface area contributed by atoms with E-state index in [1.54, 1.807) is 0 Å². The van der Waals surface area contributed by atoms with E-state index in [1.165, 1.54) is 0 Å². The molecule has 0 aliphatic rings. The van der Waals surface area contributed by atoms with E-state index in [9.17, 15) is 4.89 Å². The van der Waals surface area contributed by atoms with Gasteiger partial charge in [-0.2, -0.15) is 0 Å². The third-order valence-corrected chi connectivity index (χ3v) is 11.2. The first-order valence-corrected chi connectivity index (χ1v) is 14.2. The number of rotatable bonds is 16. The zero-order chi connectivity index (χ0) is 24.7. The molecule has 0 amide bonds. The molecule has 0 aromatic heterocycles. The van der Waals surface area contributed by atoms with Gasteiger partial charge in [0.2, 0.25) is 0 Å². The number of hydrogen-bond donors (Lipinski definition) is 1. The molecule has 3 aromatic rings. The van der Waals surface area contributed by atoms with E-state index >= 15 is 0 Å². The molecule has 0 heterocycles. The summed E-state index contributed by atoms with van der Waals surface area (Å²) >= 11 is 0. The van der Waals surface area contributed by atoms with Gasteiger partial charge < -0.3 is 0 Å². The van der Waals surface area contributed by atoms with E-state index in [1.807, 2.05) is 91.0 Å². The van der Waals surface area contributed by atoms with Crippen LogP contribution in [-0.4, -0.2) is 63.9 Å². The van der Waals surface area contributed by atoms with Crippen molar-refractivity contribution in [3.05, 3.63) is 91.0 Å². The van der Waals surface area contributed by atoms with Gasteiger partial charge >= 0.3 is 190 Å². The molecule has 0 saturated carbocycles. The van der Waals surface area contributed by atoms with Gasteiger partial charge in [-0.3, -0.25) is 0 Å². The van der Waals surface area contributed by atoms with Crippen molar-refractivity contribution < 1.29 is 23.8 Å². The minimum atomic E-state index is -3.75. The van der Waals surface area contributed by atoms with Crippen molar-refractivity contribution in [1.29, 1.82) is 0 Å². The quantitative estimate of drug-likeness (QED) is 0.188. The third-order valence-electron chi connectivity index (χ3n) is 5.91. The molecule has 0 aliphatic heterocycles. The Kier molecular flexibility index (Phi) is 10.9. The molecule has 35 heavy (non-hydrogen) atoms. The van der Waals surface area contributed by atoms with Crippen molar-refractivity contribution >= 4 is 22.7 Å². The van der Waals surface area contributed by atoms with E-state index in [0.29, 0.717) is 59.0 Å². The van der Waals surface area contributed by atoms with Crippen molar-refractivity contribution in [2.75, 3.05) is 59.0 Å². The van der Waals surface area contributed by atoms with Gasteiger partial charge in [-0.15, -0.1) is 6.42 Å². The van der Waals surface area contributed by atoms with E-state index in [-0.39, 0.29) is 0 Å². The Balaban J connectivity index is 1.61. The topological polar surface area (TPSA) is 57.2 Å². The summed E-state index contributed by atoms with van der Waals surface area (Å²) in [4.78, 5) is 12.9. The van der Waals surface area contributed by atoms with Crippen molar-refractivity contribution in [3.8, 4) is 12.3 Å². The van der Waals surface area contributed by atoms with Crippen LogP contribution in [0.15, 0.2) is 91.0 Å². The van der Waals surface area contributed by atoms with Crippen LogP contribution in [0.2, 0.25) is 0 Å². The summed E-state index contributed by atoms with van der Waals surface area (Å²) in [6.07, 6.45) is 5.60. The number of terminal acetylenes is 1. The molecule has 3 aromatic carbocycles. The molecule has 0 atom stereocenters. The fourth-order valence-electron chi connectivity index (χ4n) is 4.12. The summed E-state index contributed by atoms with van der Waals surface area (Å²) in [7, 11) is 0. The molecule has 0 radical (unpaired) electrons. The van der Waals surface area contributed by atoms with Gasteiger partial charge in [0.05, 0.1) is 0 Å². The van der Waals surface area contributed by atoms with Crippen LogP contribution < -0.4 is 15.9 Å². The first-order valence-electron chi connectivity index (χ1n) is 11.9. The van der Waals surface area contributed by atoms with Crippen LogP contribution in [0, 0.1) is 12.3 Å². The Morgan fingerprint density at radius 3 is 1.26 bits per heavy atom. The van der Waals surface area contributed by atoms with Gasteiger partial charge in [-0.25, -0.2) is 0 Å². The van der Waals surface area contributed by atoms with Crippen LogP contribution in [0.1, 0.15) is 0 Å². The van der Waals surface area contributed by atoms with Crippen LogP contribution in [0.25, 0.3) is 0 Å². The summed E-state index contributed by atoms with van der Waals surface area (Å²) in [5.41, 5.74) is 0. The second-order valence-corrected chi connectivity index (χ2v) is 12.6. The summed E-state index contributed by atoms with van der Waals surface area (Å²) in [6.45, 7) is -0.209. The van der Waals surface area contributed by atoms with Gasteiger partial charge in [0.25, 0.3) is 0 Å². The standard InChI is InChI=1S/C29H35O5P/c1-2-18-31-19-20-32-21-22-33-23-24-34-25-26-35(30,27-12-6-3-7-13-27,28-14-8-4-9-15-28)29-16-10-5-11-17-29/h1,3-17,30H,18-26H2. The van der Waals surface area contributed by atoms with Gasteiger partial charge in [-0.05, 0) is 0 Å². The van der Waals surface area contributed by atoms with E-state index in [4.69, 9.17) is 25.4 Å². The minimum absolute atomic E-state index is 0.300. The van der Waals surface area contributed by atoms with Gasteiger partial charge in [0.1, 0.15) is 6.61 Å². The predicted octanol–water partition coefficient (Wildman–Crippen LogP) is 3.12. The Labute approximate surface area is 209 Å². The molecule has 0 saturated heterocycles. The molecular weight excluding hydrogens is 459 g/mol. The van der Waals surface area contributed by atoms with E-state index in [0.717, 1.165) is 15.9 Å². The zero-order valence-electron chi connectivity index (χ0n) is 20.1. The summed E-state index contributed by atoms with van der Waals surface area (Å²) in [6, 6.07) is 30.0. The fraction of sp³-hybridized carbons (Fsp3) is 0.310. The summed E-state index contributed by atoms with van der Waals surface area (Å²) < 4.78 is 22.1. The molecule has 3 rings (SSSR count). The molecule has 0 bridgehead atoms. The van der Waals surface area contributed by atoms with Crippen LogP contribution in [-0.2, 0) is 18.9 Å². The first kappa shape index (κ1) is 27.0. The van der Waals surface area contributed by atoms with Crippen LogP contribution in [0.3, 0.4) is 0 Å². The monoisotopic (exact) mass is 494 g/mol. The Morgan fingerprint density at radius 1 is 0.543 bits per heavy atom. The van der Waals surface area contributed by atoms with Gasteiger partial charge in [0, 0.05) is 0 Å². The molecule has 1 N–H and O–H groups in total. The number of hydrogen-bond acceptors (Lipinski definition) is 5. The molecule has 0 spiro atoms. The maximum atomic E-state index is 12.9. The van der Waals surface area contributed by atoms with Crippen molar-refractivity contribution in [3.63, 3.8) is 0 Å². The predicted molar refractivity (Wildman–Crippen MR) is 144 cm³/mol. The summed E-state index contributed by atoms with van der Waals surface area (Å²) in [5, 5.41) is 2.79. The Morgan fingerprint density at radius 2 is 0.886 bits per heavy atom. The number of benzene rings is 3. The molecule has 0 unspecified atom stereocenters. The van der Waals surface area contributed by atoms with Crippen molar-refractivity contribution in [2.24, 2.45) is 0 Å². The van der Waals surface area contributed by atoms with Gasteiger partial charge in [-0.1, -0.05) is 5.92 Å². The molecule has 0 fully saturated rings. The first-order chi connectivity index (χ1) is 17.2. The second-order valence-electron chi connectivity index (χ2n) is 8.08. The zero-order valence-corrected chi connectivity index (χ0v) is 21.0. The number of ether oxygens (including phenoxy) is 4. The third kappa shape index (κ3) is 6.99. The molecule has 5 nitrogen and oxygen atoms in total. The Hall–Kier alpha value is -2.55. The molecule has 6 heteroatoms. The van der Waals surface area contributed by atoms with Gasteiger partial charge in [0.15, 0.2) is 0 Å². The van der Waals surface area contributed by atoms with Crippen LogP contribution in [0.4, 0.5) is 0 Å². The molecule has 0 aliphatic carbocycles. The van der Waals surface area contributed by atoms with Crippen molar-refractivity contribution in [1.82, 2.24) is 0 Å². The normalized spacial score (nSPS) is 12.5. The van der Waals surface area contributed by atoms with Crippen LogP contribution >= 0.6 is 6.83 Å². The van der Waals surface area contributed by atoms with E-state index < -0.39 is 6.83 Å². The second kappa shape index (κ2) is 14.1. The average molecular weight is 495 g/mol. The average Bonchev–Trinajstić information content (AvgIpc) is 2.93. The Bertz CT molecular complexity index is 922. The SMILES string of the molecule is C#CCOCCOCCOCCOCCP(O)(c1ccccc1)(c1ccccc1)c1ccccc1. The summed E-state index contributed by atoms with van der Waals surface area (Å²) in [5.74, 6) is 2.41. The molecular formula is C29H35O5P. The van der Waals surface area contributed by atoms with Crippen LogP contribution in [0.5, 0.6) is 0 Å². The van der Waals surface area contributed by atoms with Crippen molar-refractivity contribution in [2.45, 2.75) is 0 Å². The maximum absolute atomic E-state index is 12.9. The van der Waals surface area contributed by atoms with E-state index in [2.05, 4.69) is 5.92 Å². The molecule has 186 valence electrons.